The number of rotatable bonds is 6. The summed E-state index contributed by atoms with van der Waals surface area (Å²) < 4.78 is 7.33. The Kier molecular flexibility index (Phi) is 5.29. The number of hydrogen-bond acceptors (Lipinski definition) is 3. The topological polar surface area (TPSA) is 51.3 Å². The molecule has 0 bridgehead atoms. The summed E-state index contributed by atoms with van der Waals surface area (Å²) in [6, 6.07) is 21.4. The van der Waals surface area contributed by atoms with Crippen LogP contribution in [0.2, 0.25) is 0 Å². The van der Waals surface area contributed by atoms with E-state index in [-0.39, 0.29) is 18.5 Å². The minimum atomic E-state index is 0.0157. The third-order valence-electron chi connectivity index (χ3n) is 4.74. The Morgan fingerprint density at radius 1 is 1.03 bits per heavy atom. The van der Waals surface area contributed by atoms with Crippen molar-refractivity contribution in [3.8, 4) is 0 Å². The number of aromatic nitrogens is 2. The molecule has 4 aromatic rings. The van der Waals surface area contributed by atoms with Gasteiger partial charge in [0.25, 0.3) is 0 Å². The van der Waals surface area contributed by atoms with Crippen LogP contribution in [0.5, 0.6) is 0 Å². The first-order chi connectivity index (χ1) is 14.1. The molecule has 0 N–H and O–H groups in total. The Morgan fingerprint density at radius 2 is 1.79 bits per heavy atom. The molecule has 0 unspecified atom stereocenters. The van der Waals surface area contributed by atoms with Crippen LogP contribution in [-0.4, -0.2) is 21.5 Å². The predicted molar refractivity (Wildman–Crippen MR) is 116 cm³/mol. The number of amides is 1. The zero-order chi connectivity index (χ0) is 20.2. The van der Waals surface area contributed by atoms with Crippen molar-refractivity contribution in [3.63, 3.8) is 0 Å². The highest BCUT2D eigenvalue weighted by Crippen LogP contribution is 2.21. The molecule has 0 aliphatic rings. The van der Waals surface area contributed by atoms with Crippen LogP contribution in [0.15, 0.2) is 77.4 Å². The molecule has 0 saturated heterocycles. The highest BCUT2D eigenvalue weighted by atomic mass is 16.3. The van der Waals surface area contributed by atoms with Gasteiger partial charge in [0.1, 0.15) is 18.1 Å². The van der Waals surface area contributed by atoms with Crippen molar-refractivity contribution in [1.82, 2.24) is 9.55 Å². The third-order valence-corrected chi connectivity index (χ3v) is 4.74. The van der Waals surface area contributed by atoms with Crippen LogP contribution in [0.4, 0.5) is 5.69 Å². The van der Waals surface area contributed by atoms with Crippen LogP contribution in [-0.2, 0) is 11.3 Å². The van der Waals surface area contributed by atoms with E-state index in [0.29, 0.717) is 5.82 Å². The summed E-state index contributed by atoms with van der Waals surface area (Å²) in [5.41, 5.74) is 2.68. The highest BCUT2D eigenvalue weighted by molar-refractivity contribution is 5.95. The largest absolute Gasteiger partial charge is 0.465 e. The Bertz CT molecular complexity index is 1130. The van der Waals surface area contributed by atoms with Gasteiger partial charge in [-0.25, -0.2) is 4.98 Å². The van der Waals surface area contributed by atoms with Crippen molar-refractivity contribution in [3.05, 3.63) is 84.6 Å². The number of carbonyl (C=O) groups is 1. The van der Waals surface area contributed by atoms with Gasteiger partial charge in [-0.05, 0) is 62.4 Å². The number of imidazole rings is 1. The van der Waals surface area contributed by atoms with Crippen LogP contribution in [0.3, 0.4) is 0 Å². The van der Waals surface area contributed by atoms with Gasteiger partial charge < -0.3 is 13.9 Å². The Hall–Kier alpha value is -3.60. The molecule has 0 fully saturated rings. The number of carbonyl (C=O) groups excluding carboxylic acids is 1. The van der Waals surface area contributed by atoms with Gasteiger partial charge in [-0.3, -0.25) is 4.79 Å². The zero-order valence-electron chi connectivity index (χ0n) is 16.5. The molecule has 0 radical (unpaired) electrons. The lowest BCUT2D eigenvalue weighted by Crippen LogP contribution is -2.39. The number of benzene rings is 2. The van der Waals surface area contributed by atoms with Crippen LogP contribution >= 0.6 is 0 Å². The first-order valence-electron chi connectivity index (χ1n) is 9.67. The summed E-state index contributed by atoms with van der Waals surface area (Å²) in [6.07, 6.45) is 5.38. The summed E-state index contributed by atoms with van der Waals surface area (Å²) in [7, 11) is 0. The second-order valence-corrected chi connectivity index (χ2v) is 7.09. The van der Waals surface area contributed by atoms with E-state index in [4.69, 9.17) is 9.40 Å². The van der Waals surface area contributed by atoms with E-state index in [1.807, 2.05) is 102 Å². The Balaban J connectivity index is 1.70. The summed E-state index contributed by atoms with van der Waals surface area (Å²) >= 11 is 0. The monoisotopic (exact) mass is 385 g/mol. The van der Waals surface area contributed by atoms with Crippen LogP contribution in [0, 0.1) is 0 Å². The van der Waals surface area contributed by atoms with Crippen molar-refractivity contribution in [2.75, 3.05) is 4.90 Å². The molecule has 0 saturated carbocycles. The normalized spacial score (nSPS) is 11.6. The number of furan rings is 1. The van der Waals surface area contributed by atoms with E-state index >= 15 is 0 Å². The molecule has 0 spiro atoms. The van der Waals surface area contributed by atoms with Crippen molar-refractivity contribution >= 4 is 34.8 Å². The number of anilines is 1. The molecule has 146 valence electrons. The van der Waals surface area contributed by atoms with Crippen LogP contribution < -0.4 is 4.90 Å². The molecule has 0 aliphatic heterocycles. The molecule has 0 aliphatic carbocycles. The fraction of sp³-hybridized carbons (Fsp3) is 0.167. The molecule has 2 aromatic heterocycles. The second kappa shape index (κ2) is 8.19. The predicted octanol–water partition coefficient (Wildman–Crippen LogP) is 5.24. The van der Waals surface area contributed by atoms with E-state index in [9.17, 15) is 4.79 Å². The smallest absolute Gasteiger partial charge is 0.247 e. The lowest BCUT2D eigenvalue weighted by atomic mass is 10.2. The fourth-order valence-electron chi connectivity index (χ4n) is 3.46. The Morgan fingerprint density at radius 3 is 2.52 bits per heavy atom. The summed E-state index contributed by atoms with van der Waals surface area (Å²) in [5.74, 6) is 1.47. The maximum atomic E-state index is 13.3. The van der Waals surface area contributed by atoms with Crippen molar-refractivity contribution in [2.45, 2.75) is 26.4 Å². The number of hydrogen-bond donors (Lipinski definition) is 0. The molecule has 0 atom stereocenters. The van der Waals surface area contributed by atoms with E-state index < -0.39 is 0 Å². The van der Waals surface area contributed by atoms with E-state index in [0.717, 1.165) is 22.5 Å². The third kappa shape index (κ3) is 3.99. The second-order valence-electron chi connectivity index (χ2n) is 7.09. The van der Waals surface area contributed by atoms with Gasteiger partial charge in [0, 0.05) is 11.7 Å². The number of nitrogens with zero attached hydrogens (tertiary/aromatic N) is 3. The number of fused-ring (bicyclic) bond motifs is 1. The van der Waals surface area contributed by atoms with Crippen molar-refractivity contribution in [2.24, 2.45) is 0 Å². The van der Waals surface area contributed by atoms with Gasteiger partial charge in [-0.2, -0.15) is 0 Å². The highest BCUT2D eigenvalue weighted by Gasteiger charge is 2.21. The summed E-state index contributed by atoms with van der Waals surface area (Å²) in [4.78, 5) is 19.9. The molecular formula is C24H23N3O2. The maximum absolute atomic E-state index is 13.3. The minimum absolute atomic E-state index is 0.0157. The first kappa shape index (κ1) is 18.7. The standard InChI is InChI=1S/C24H23N3O2/c1-18(2)27(19-9-4-3-5-10-19)24(28)17-26-22-13-7-6-12-21(22)25-23(26)15-14-20-11-8-16-29-20/h3-16,18H,17H2,1-2H3. The van der Waals surface area contributed by atoms with Gasteiger partial charge in [-0.15, -0.1) is 0 Å². The fourth-order valence-corrected chi connectivity index (χ4v) is 3.46. The molecular weight excluding hydrogens is 362 g/mol. The maximum Gasteiger partial charge on any atom is 0.247 e. The molecule has 29 heavy (non-hydrogen) atoms. The van der Waals surface area contributed by atoms with Crippen LogP contribution in [0.25, 0.3) is 23.2 Å². The Labute approximate surface area is 169 Å². The lowest BCUT2D eigenvalue weighted by Gasteiger charge is -2.27. The van der Waals surface area contributed by atoms with E-state index in [1.54, 1.807) is 6.26 Å². The molecule has 5 heteroatoms. The van der Waals surface area contributed by atoms with Crippen molar-refractivity contribution < 1.29 is 9.21 Å². The summed E-state index contributed by atoms with van der Waals surface area (Å²) in [5, 5.41) is 0. The van der Waals surface area contributed by atoms with E-state index in [1.165, 1.54) is 0 Å². The minimum Gasteiger partial charge on any atom is -0.465 e. The SMILES string of the molecule is CC(C)N(C(=O)Cn1c(C=Cc2ccco2)nc2ccccc21)c1ccccc1. The quantitative estimate of drug-likeness (QED) is 0.456. The van der Waals surface area contributed by atoms with Gasteiger partial charge in [0.05, 0.1) is 17.3 Å². The molecule has 5 nitrogen and oxygen atoms in total. The van der Waals surface area contributed by atoms with Gasteiger partial charge in [0.2, 0.25) is 5.91 Å². The molecule has 2 heterocycles. The molecule has 4 rings (SSSR count). The molecule has 2 aromatic carbocycles. The van der Waals surface area contributed by atoms with Crippen molar-refractivity contribution in [1.29, 1.82) is 0 Å². The first-order valence-corrected chi connectivity index (χ1v) is 9.67. The zero-order valence-corrected chi connectivity index (χ0v) is 16.5. The van der Waals surface area contributed by atoms with E-state index in [2.05, 4.69) is 0 Å². The number of para-hydroxylation sites is 3. The lowest BCUT2D eigenvalue weighted by molar-refractivity contribution is -0.119. The van der Waals surface area contributed by atoms with Gasteiger partial charge in [0.15, 0.2) is 0 Å². The molecule has 1 amide bonds. The average Bonchev–Trinajstić information content (AvgIpc) is 3.35. The van der Waals surface area contributed by atoms with Gasteiger partial charge in [-0.1, -0.05) is 30.3 Å². The van der Waals surface area contributed by atoms with Crippen LogP contribution in [0.1, 0.15) is 25.4 Å². The average molecular weight is 385 g/mol. The van der Waals surface area contributed by atoms with Gasteiger partial charge >= 0.3 is 0 Å². The summed E-state index contributed by atoms with van der Waals surface area (Å²) in [6.45, 7) is 4.24.